The van der Waals surface area contributed by atoms with Crippen LogP contribution in [0.1, 0.15) is 96.3 Å². The van der Waals surface area contributed by atoms with Crippen molar-refractivity contribution in [3.63, 3.8) is 0 Å². The van der Waals surface area contributed by atoms with Crippen molar-refractivity contribution in [3.05, 3.63) is 42.1 Å². The van der Waals surface area contributed by atoms with Gasteiger partial charge < -0.3 is 25.2 Å². The Morgan fingerprint density at radius 3 is 2.43 bits per heavy atom. The number of piperidine rings is 1. The highest BCUT2D eigenvalue weighted by molar-refractivity contribution is 5.97. The number of hydrogen-bond donors (Lipinski definition) is 1. The summed E-state index contributed by atoms with van der Waals surface area (Å²) in [6.45, 7) is 13.2. The molecule has 6 rings (SSSR count). The van der Waals surface area contributed by atoms with Gasteiger partial charge in [-0.25, -0.2) is 14.4 Å². The zero-order valence-corrected chi connectivity index (χ0v) is 28.8. The van der Waals surface area contributed by atoms with Crippen LogP contribution in [-0.2, 0) is 4.79 Å². The molecule has 2 aliphatic carbocycles. The largest absolute Gasteiger partial charge is 0.451 e. The van der Waals surface area contributed by atoms with E-state index in [2.05, 4.69) is 21.8 Å². The van der Waals surface area contributed by atoms with Crippen molar-refractivity contribution >= 4 is 17.6 Å². The minimum atomic E-state index is -0.501. The Morgan fingerprint density at radius 1 is 1.06 bits per heavy atom. The van der Waals surface area contributed by atoms with Crippen LogP contribution in [-0.4, -0.2) is 75.9 Å². The molecule has 2 saturated carbocycles. The van der Waals surface area contributed by atoms with Crippen LogP contribution in [0.15, 0.2) is 30.7 Å². The predicted molar refractivity (Wildman–Crippen MR) is 181 cm³/mol. The van der Waals surface area contributed by atoms with Gasteiger partial charge in [-0.15, -0.1) is 0 Å². The van der Waals surface area contributed by atoms with E-state index in [1.807, 2.05) is 32.6 Å². The summed E-state index contributed by atoms with van der Waals surface area (Å²) in [6.07, 6.45) is 12.4. The number of anilines is 1. The summed E-state index contributed by atoms with van der Waals surface area (Å²) in [7, 11) is 0. The number of hydrogen-bond acceptors (Lipinski definition) is 7. The monoisotopic (exact) mass is 648 g/mol. The Morgan fingerprint density at radius 2 is 1.77 bits per heavy atom. The number of amides is 2. The van der Waals surface area contributed by atoms with Crippen molar-refractivity contribution in [2.75, 3.05) is 31.1 Å². The van der Waals surface area contributed by atoms with E-state index in [1.54, 1.807) is 11.1 Å². The van der Waals surface area contributed by atoms with Crippen LogP contribution >= 0.6 is 0 Å². The summed E-state index contributed by atoms with van der Waals surface area (Å²) in [5.74, 6) is 3.33. The second kappa shape index (κ2) is 13.7. The first kappa shape index (κ1) is 33.6. The van der Waals surface area contributed by atoms with Gasteiger partial charge in [0.05, 0.1) is 17.8 Å². The highest BCUT2D eigenvalue weighted by Gasteiger charge is 2.47. The normalized spacial score (nSPS) is 24.7. The standard InChI is InChI=1S/C37H53FN6O3/c1-23(2)44(24(3)4)35(45)30-18-29(38)10-11-31(30)47-32-19-40-22-41-34(32)43-20-37(21-43)12-14-42(15-13-37)36(46)33(39)27-9-6-25(5)28(17-27)16-26-7-8-26/h10-11,18-19,22-28,33H,6-9,12-17,20-21,39H2,1-5H3/t25?,27-,28-,33+/m1/s1. The van der Waals surface area contributed by atoms with E-state index in [0.29, 0.717) is 23.4 Å². The highest BCUT2D eigenvalue weighted by Crippen LogP contribution is 2.46. The molecule has 3 heterocycles. The van der Waals surface area contributed by atoms with Crippen molar-refractivity contribution in [2.45, 2.75) is 104 Å². The van der Waals surface area contributed by atoms with Gasteiger partial charge in [0, 0.05) is 43.7 Å². The molecule has 2 aliphatic heterocycles. The summed E-state index contributed by atoms with van der Waals surface area (Å²) in [5.41, 5.74) is 6.95. The highest BCUT2D eigenvalue weighted by atomic mass is 19.1. The number of likely N-dealkylation sites (tertiary alicyclic amines) is 1. The van der Waals surface area contributed by atoms with Gasteiger partial charge in [-0.1, -0.05) is 26.2 Å². The third kappa shape index (κ3) is 7.27. The van der Waals surface area contributed by atoms with E-state index in [-0.39, 0.29) is 40.6 Å². The fourth-order valence-corrected chi connectivity index (χ4v) is 8.43. The van der Waals surface area contributed by atoms with Crippen LogP contribution in [0.25, 0.3) is 0 Å². The summed E-state index contributed by atoms with van der Waals surface area (Å²) in [4.78, 5) is 41.8. The Bertz CT molecular complexity index is 1420. The average molecular weight is 649 g/mol. The van der Waals surface area contributed by atoms with Gasteiger partial charge >= 0.3 is 0 Å². The first-order valence-corrected chi connectivity index (χ1v) is 17.8. The van der Waals surface area contributed by atoms with Gasteiger partial charge in [0.2, 0.25) is 5.91 Å². The number of carbonyl (C=O) groups excluding carboxylic acids is 2. The molecule has 256 valence electrons. The van der Waals surface area contributed by atoms with E-state index >= 15 is 0 Å². The molecule has 9 nitrogen and oxygen atoms in total. The van der Waals surface area contributed by atoms with E-state index < -0.39 is 11.9 Å². The zero-order valence-electron chi connectivity index (χ0n) is 28.8. The number of nitrogens with two attached hydrogens (primary N) is 1. The van der Waals surface area contributed by atoms with Crippen LogP contribution in [0, 0.1) is 34.9 Å². The zero-order chi connectivity index (χ0) is 33.5. The molecule has 4 fully saturated rings. The summed E-state index contributed by atoms with van der Waals surface area (Å²) < 4.78 is 20.7. The topological polar surface area (TPSA) is 105 Å². The number of ether oxygens (including phenoxy) is 1. The van der Waals surface area contributed by atoms with Crippen LogP contribution in [0.2, 0.25) is 0 Å². The Labute approximate surface area is 279 Å². The molecule has 2 saturated heterocycles. The van der Waals surface area contributed by atoms with Crippen molar-refractivity contribution in [2.24, 2.45) is 34.8 Å². The van der Waals surface area contributed by atoms with Crippen molar-refractivity contribution in [1.29, 1.82) is 0 Å². The number of rotatable bonds is 10. The fourth-order valence-electron chi connectivity index (χ4n) is 8.43. The lowest BCUT2D eigenvalue weighted by Gasteiger charge is -2.54. The first-order valence-electron chi connectivity index (χ1n) is 17.8. The van der Waals surface area contributed by atoms with E-state index in [9.17, 15) is 14.0 Å². The van der Waals surface area contributed by atoms with E-state index in [4.69, 9.17) is 10.5 Å². The Balaban J connectivity index is 1.07. The third-order valence-corrected chi connectivity index (χ3v) is 11.4. The van der Waals surface area contributed by atoms with Crippen molar-refractivity contribution in [1.82, 2.24) is 19.8 Å². The van der Waals surface area contributed by atoms with Gasteiger partial charge in [0.1, 0.15) is 17.9 Å². The van der Waals surface area contributed by atoms with Gasteiger partial charge in [-0.3, -0.25) is 9.59 Å². The average Bonchev–Trinajstić information content (AvgIpc) is 3.85. The molecule has 2 amide bonds. The lowest BCUT2D eigenvalue weighted by atomic mass is 9.70. The third-order valence-electron chi connectivity index (χ3n) is 11.4. The Kier molecular flexibility index (Phi) is 9.79. The molecular weight excluding hydrogens is 595 g/mol. The molecule has 1 unspecified atom stereocenters. The van der Waals surface area contributed by atoms with Crippen LogP contribution < -0.4 is 15.4 Å². The number of nitrogens with zero attached hydrogens (tertiary/aromatic N) is 5. The molecular formula is C37H53FN6O3. The molecule has 47 heavy (non-hydrogen) atoms. The smallest absolute Gasteiger partial charge is 0.258 e. The minimum Gasteiger partial charge on any atom is -0.451 e. The van der Waals surface area contributed by atoms with Gasteiger partial charge in [-0.05, 0) is 102 Å². The summed E-state index contributed by atoms with van der Waals surface area (Å²) in [5, 5.41) is 0. The fraction of sp³-hybridized carbons (Fsp3) is 0.676. The van der Waals surface area contributed by atoms with Crippen LogP contribution in [0.4, 0.5) is 10.2 Å². The van der Waals surface area contributed by atoms with Gasteiger partial charge in [-0.2, -0.15) is 0 Å². The molecule has 2 N–H and O–H groups in total. The lowest BCUT2D eigenvalue weighted by molar-refractivity contribution is -0.137. The molecule has 1 aromatic carbocycles. The molecule has 4 atom stereocenters. The molecule has 1 aromatic heterocycles. The van der Waals surface area contributed by atoms with Crippen LogP contribution in [0.5, 0.6) is 11.5 Å². The predicted octanol–water partition coefficient (Wildman–Crippen LogP) is 6.28. The maximum absolute atomic E-state index is 14.4. The number of carbonyl (C=O) groups is 2. The number of benzene rings is 1. The van der Waals surface area contributed by atoms with Gasteiger partial charge in [0.25, 0.3) is 5.91 Å². The SMILES string of the molecule is CC1CC[C@@H]([C@H](N)C(=O)N2CCC3(CC2)CN(c2ncncc2Oc2ccc(F)cc2C(=O)N(C(C)C)C(C)C)C3)C[C@H]1CC1CC1. The molecule has 2 aromatic rings. The Hall–Kier alpha value is -3.27. The van der Waals surface area contributed by atoms with Crippen LogP contribution in [0.3, 0.4) is 0 Å². The molecule has 0 radical (unpaired) electrons. The van der Waals surface area contributed by atoms with Crippen molar-refractivity contribution in [3.8, 4) is 11.5 Å². The minimum absolute atomic E-state index is 0.0654. The quantitative estimate of drug-likeness (QED) is 0.324. The maximum Gasteiger partial charge on any atom is 0.258 e. The molecule has 4 aliphatic rings. The van der Waals surface area contributed by atoms with E-state index in [1.165, 1.54) is 50.2 Å². The molecule has 0 bridgehead atoms. The number of halogens is 1. The summed E-state index contributed by atoms with van der Waals surface area (Å²) in [6, 6.07) is 3.50. The van der Waals surface area contributed by atoms with Gasteiger partial charge in [0.15, 0.2) is 11.6 Å². The van der Waals surface area contributed by atoms with E-state index in [0.717, 1.165) is 63.7 Å². The van der Waals surface area contributed by atoms with Crippen molar-refractivity contribution < 1.29 is 18.7 Å². The lowest BCUT2D eigenvalue weighted by Crippen LogP contribution is -2.62. The maximum atomic E-state index is 14.4. The summed E-state index contributed by atoms with van der Waals surface area (Å²) >= 11 is 0. The second-order valence-corrected chi connectivity index (χ2v) is 15.5. The number of aromatic nitrogens is 2. The molecule has 10 heteroatoms. The first-order chi connectivity index (χ1) is 22.4. The second-order valence-electron chi connectivity index (χ2n) is 15.5. The molecule has 1 spiro atoms.